The van der Waals surface area contributed by atoms with E-state index in [1.54, 1.807) is 24.3 Å². The molecule has 2 aromatic carbocycles. The fourth-order valence-corrected chi connectivity index (χ4v) is 2.92. The molecule has 34 heavy (non-hydrogen) atoms. The second-order valence-electron chi connectivity index (χ2n) is 7.88. The third kappa shape index (κ3) is 7.39. The first-order valence-electron chi connectivity index (χ1n) is 10.8. The number of aliphatic hydroxyl groups is 2. The van der Waals surface area contributed by atoms with E-state index in [-0.39, 0.29) is 24.9 Å². The van der Waals surface area contributed by atoms with Crippen molar-refractivity contribution in [3.05, 3.63) is 66.1 Å². The third-order valence-corrected chi connectivity index (χ3v) is 4.77. The van der Waals surface area contributed by atoms with Gasteiger partial charge >= 0.3 is 0 Å². The van der Waals surface area contributed by atoms with E-state index in [4.69, 9.17) is 9.84 Å². The zero-order valence-corrected chi connectivity index (χ0v) is 19.0. The highest BCUT2D eigenvalue weighted by Crippen LogP contribution is 2.24. The van der Waals surface area contributed by atoms with Crippen molar-refractivity contribution in [2.75, 3.05) is 30.4 Å². The Balaban J connectivity index is 1.63. The van der Waals surface area contributed by atoms with Gasteiger partial charge in [0.05, 0.1) is 18.9 Å². The molecule has 10 heteroatoms. The summed E-state index contributed by atoms with van der Waals surface area (Å²) in [6.45, 7) is 3.39. The molecule has 0 saturated carbocycles. The molecule has 1 atom stereocenters. The van der Waals surface area contributed by atoms with Crippen molar-refractivity contribution in [1.29, 1.82) is 0 Å². The van der Waals surface area contributed by atoms with Crippen molar-refractivity contribution in [2.45, 2.75) is 25.9 Å². The Hall–Kier alpha value is -3.76. The van der Waals surface area contributed by atoms with Gasteiger partial charge in [-0.15, -0.1) is 0 Å². The van der Waals surface area contributed by atoms with Crippen molar-refractivity contribution in [1.82, 2.24) is 15.3 Å². The van der Waals surface area contributed by atoms with E-state index in [1.807, 2.05) is 24.3 Å². The molecule has 0 spiro atoms. The second-order valence-corrected chi connectivity index (χ2v) is 7.88. The Bertz CT molecular complexity index is 1110. The predicted octanol–water partition coefficient (Wildman–Crippen LogP) is 3.07. The summed E-state index contributed by atoms with van der Waals surface area (Å²) < 4.78 is 19.8. The maximum atomic E-state index is 14.3. The molecule has 0 aliphatic rings. The number of rotatable bonds is 11. The number of anilines is 4. The highest BCUT2D eigenvalue weighted by Gasteiger charge is 2.10. The van der Waals surface area contributed by atoms with Crippen LogP contribution in [0, 0.1) is 5.82 Å². The number of hydrogen-bond donors (Lipinski definition) is 5. The number of amides is 1. The van der Waals surface area contributed by atoms with E-state index in [0.29, 0.717) is 17.4 Å². The fourth-order valence-electron chi connectivity index (χ4n) is 2.92. The zero-order chi connectivity index (χ0) is 24.5. The number of halogens is 1. The van der Waals surface area contributed by atoms with Crippen LogP contribution in [0.1, 0.15) is 25.3 Å². The molecule has 0 bridgehead atoms. The molecular weight excluding hydrogens is 441 g/mol. The van der Waals surface area contributed by atoms with E-state index in [9.17, 15) is 14.3 Å². The summed E-state index contributed by atoms with van der Waals surface area (Å²) in [6.07, 6.45) is 0.0563. The molecule has 0 saturated heterocycles. The van der Waals surface area contributed by atoms with Crippen molar-refractivity contribution in [2.24, 2.45) is 0 Å². The maximum Gasteiger partial charge on any atom is 0.258 e. The lowest BCUT2D eigenvalue weighted by molar-refractivity contribution is -0.123. The van der Waals surface area contributed by atoms with Gasteiger partial charge in [-0.1, -0.05) is 32.0 Å². The normalized spacial score (nSPS) is 11.7. The molecule has 0 aliphatic heterocycles. The van der Waals surface area contributed by atoms with Crippen LogP contribution in [0.4, 0.5) is 27.5 Å². The minimum atomic E-state index is -1.02. The summed E-state index contributed by atoms with van der Waals surface area (Å²) in [5.74, 6) is -0.0695. The Morgan fingerprint density at radius 2 is 1.85 bits per heavy atom. The van der Waals surface area contributed by atoms with E-state index in [1.165, 1.54) is 0 Å². The first-order valence-corrected chi connectivity index (χ1v) is 10.8. The van der Waals surface area contributed by atoms with Crippen LogP contribution in [0.3, 0.4) is 0 Å². The van der Waals surface area contributed by atoms with Gasteiger partial charge < -0.3 is 30.9 Å². The number of nitrogens with one attached hydrogen (secondary N) is 3. The van der Waals surface area contributed by atoms with Gasteiger partial charge in [-0.2, -0.15) is 4.98 Å². The minimum Gasteiger partial charge on any atom is -0.484 e. The van der Waals surface area contributed by atoms with E-state index in [0.717, 1.165) is 17.4 Å². The fraction of sp³-hybridized carbons (Fsp3) is 0.292. The molecule has 1 amide bonds. The van der Waals surface area contributed by atoms with Gasteiger partial charge in [0.15, 0.2) is 18.2 Å². The summed E-state index contributed by atoms with van der Waals surface area (Å²) in [4.78, 5) is 20.0. The molecule has 3 aromatic rings. The predicted molar refractivity (Wildman–Crippen MR) is 127 cm³/mol. The smallest absolute Gasteiger partial charge is 0.258 e. The quantitative estimate of drug-likeness (QED) is 0.290. The lowest BCUT2D eigenvalue weighted by atomic mass is 10.0. The summed E-state index contributed by atoms with van der Waals surface area (Å²) in [7, 11) is 0. The number of benzene rings is 2. The molecule has 5 N–H and O–H groups in total. The van der Waals surface area contributed by atoms with Gasteiger partial charge in [0.25, 0.3) is 5.91 Å². The van der Waals surface area contributed by atoms with E-state index < -0.39 is 24.4 Å². The molecule has 180 valence electrons. The van der Waals surface area contributed by atoms with Crippen LogP contribution in [0.2, 0.25) is 0 Å². The van der Waals surface area contributed by atoms with Crippen molar-refractivity contribution < 1.29 is 24.1 Å². The van der Waals surface area contributed by atoms with Crippen LogP contribution in [0.15, 0.2) is 54.7 Å². The van der Waals surface area contributed by atoms with Gasteiger partial charge in [0.1, 0.15) is 5.75 Å². The SMILES string of the molecule is CC(C)c1cccc(Nc2nc(Nc3cccc(OCC(=O)NCC(O)CO)c3)ncc2F)c1. The van der Waals surface area contributed by atoms with Gasteiger partial charge in [0, 0.05) is 24.0 Å². The van der Waals surface area contributed by atoms with Gasteiger partial charge in [-0.3, -0.25) is 4.79 Å². The molecular formula is C24H28FN5O4. The number of nitrogens with zero attached hydrogens (tertiary/aromatic N) is 2. The molecule has 1 unspecified atom stereocenters. The number of hydrogen-bond acceptors (Lipinski definition) is 8. The highest BCUT2D eigenvalue weighted by atomic mass is 19.1. The highest BCUT2D eigenvalue weighted by molar-refractivity contribution is 5.77. The second kappa shape index (κ2) is 11.9. The molecule has 0 aliphatic carbocycles. The standard InChI is InChI=1S/C24H28FN5O4/c1-15(2)16-5-3-6-17(9-16)28-23-21(25)12-27-24(30-23)29-18-7-4-8-20(10-18)34-14-22(33)26-11-19(32)13-31/h3-10,12,15,19,31-32H,11,13-14H2,1-2H3,(H,26,33)(H2,27,28,29,30). The number of aromatic nitrogens is 2. The van der Waals surface area contributed by atoms with E-state index >= 15 is 0 Å². The number of carbonyl (C=O) groups excluding carboxylic acids is 1. The summed E-state index contributed by atoms with van der Waals surface area (Å²) in [5, 5.41) is 26.5. The van der Waals surface area contributed by atoms with Gasteiger partial charge in [0.2, 0.25) is 5.95 Å². The van der Waals surface area contributed by atoms with Crippen LogP contribution in [-0.2, 0) is 4.79 Å². The van der Waals surface area contributed by atoms with E-state index in [2.05, 4.69) is 39.8 Å². The van der Waals surface area contributed by atoms with Crippen molar-refractivity contribution in [3.8, 4) is 5.75 Å². The average molecular weight is 470 g/mol. The Labute approximate surface area is 197 Å². The van der Waals surface area contributed by atoms with Gasteiger partial charge in [-0.05, 0) is 35.7 Å². The maximum absolute atomic E-state index is 14.3. The Morgan fingerprint density at radius 1 is 1.12 bits per heavy atom. The third-order valence-electron chi connectivity index (χ3n) is 4.77. The molecule has 0 radical (unpaired) electrons. The average Bonchev–Trinajstić information content (AvgIpc) is 2.83. The first kappa shape index (κ1) is 24.9. The Kier molecular flexibility index (Phi) is 8.72. The lowest BCUT2D eigenvalue weighted by Crippen LogP contribution is -2.36. The summed E-state index contributed by atoms with van der Waals surface area (Å²) >= 11 is 0. The number of aliphatic hydroxyl groups excluding tert-OH is 2. The topological polar surface area (TPSA) is 129 Å². The lowest BCUT2D eigenvalue weighted by Gasteiger charge is -2.12. The molecule has 0 fully saturated rings. The van der Waals surface area contributed by atoms with Crippen LogP contribution in [0.5, 0.6) is 5.75 Å². The van der Waals surface area contributed by atoms with Crippen LogP contribution in [0.25, 0.3) is 0 Å². The Morgan fingerprint density at radius 3 is 2.59 bits per heavy atom. The first-order chi connectivity index (χ1) is 16.3. The summed E-state index contributed by atoms with van der Waals surface area (Å²) in [6, 6.07) is 14.5. The molecule has 1 aromatic heterocycles. The monoisotopic (exact) mass is 469 g/mol. The van der Waals surface area contributed by atoms with Gasteiger partial charge in [-0.25, -0.2) is 9.37 Å². The largest absolute Gasteiger partial charge is 0.484 e. The van der Waals surface area contributed by atoms with Crippen LogP contribution < -0.4 is 20.7 Å². The molecule has 3 rings (SSSR count). The minimum absolute atomic E-state index is 0.0348. The van der Waals surface area contributed by atoms with Crippen molar-refractivity contribution in [3.63, 3.8) is 0 Å². The zero-order valence-electron chi connectivity index (χ0n) is 19.0. The summed E-state index contributed by atoms with van der Waals surface area (Å²) in [5.41, 5.74) is 2.41. The molecule has 1 heterocycles. The number of carbonyl (C=O) groups is 1. The number of ether oxygens (including phenoxy) is 1. The molecule has 9 nitrogen and oxygen atoms in total. The van der Waals surface area contributed by atoms with Crippen molar-refractivity contribution >= 4 is 29.0 Å². The van der Waals surface area contributed by atoms with Crippen LogP contribution in [-0.4, -0.2) is 52.0 Å². The van der Waals surface area contributed by atoms with Crippen LogP contribution >= 0.6 is 0 Å².